The smallest absolute Gasteiger partial charge is 0.323 e. The summed E-state index contributed by atoms with van der Waals surface area (Å²) in [5, 5.41) is 8.63. The van der Waals surface area contributed by atoms with Crippen molar-refractivity contribution in [3.05, 3.63) is 23.8 Å². The number of rotatable bonds is 4. The first kappa shape index (κ1) is 12.0. The van der Waals surface area contributed by atoms with Crippen LogP contribution in [0.5, 0.6) is 0 Å². The third-order valence-electron chi connectivity index (χ3n) is 2.23. The maximum atomic E-state index is 11.1. The Morgan fingerprint density at radius 2 is 2.06 bits per heavy atom. The Morgan fingerprint density at radius 1 is 1.44 bits per heavy atom. The second-order valence-electron chi connectivity index (χ2n) is 3.58. The van der Waals surface area contributed by atoms with Gasteiger partial charge in [-0.25, -0.2) is 0 Å². The van der Waals surface area contributed by atoms with Gasteiger partial charge in [-0.1, -0.05) is 0 Å². The quantitative estimate of drug-likeness (QED) is 0.586. The average molecular weight is 222 g/mol. The van der Waals surface area contributed by atoms with Crippen LogP contribution in [-0.4, -0.2) is 30.5 Å². The van der Waals surface area contributed by atoms with Crippen LogP contribution in [0.2, 0.25) is 0 Å². The lowest BCUT2D eigenvalue weighted by molar-refractivity contribution is -0.135. The summed E-state index contributed by atoms with van der Waals surface area (Å²) in [7, 11) is 1.65. The summed E-state index contributed by atoms with van der Waals surface area (Å²) in [4.78, 5) is 23.2. The Balaban J connectivity index is 2.96. The molecule has 0 amide bonds. The molecule has 5 nitrogen and oxygen atoms in total. The molecule has 0 aromatic heterocycles. The van der Waals surface area contributed by atoms with Crippen LogP contribution in [0, 0.1) is 0 Å². The number of Topliss-reactive ketones (excluding diaryl/α,β-unsaturated/α-hetero) is 1. The summed E-state index contributed by atoms with van der Waals surface area (Å²) in [5.41, 5.74) is 7.18. The highest BCUT2D eigenvalue weighted by molar-refractivity contribution is 5.99. The molecule has 0 spiro atoms. The molecule has 0 aliphatic carbocycles. The fourth-order valence-electron chi connectivity index (χ4n) is 1.40. The summed E-state index contributed by atoms with van der Waals surface area (Å²) < 4.78 is 0. The molecule has 0 saturated carbocycles. The van der Waals surface area contributed by atoms with E-state index in [1.165, 1.54) is 6.92 Å². The van der Waals surface area contributed by atoms with E-state index in [1.807, 2.05) is 0 Å². The lowest BCUT2D eigenvalue weighted by Gasteiger charge is -2.17. The molecule has 3 N–H and O–H groups in total. The van der Waals surface area contributed by atoms with Gasteiger partial charge in [0.25, 0.3) is 0 Å². The third kappa shape index (κ3) is 2.73. The van der Waals surface area contributed by atoms with Gasteiger partial charge in [0.05, 0.1) is 0 Å². The number of anilines is 2. The number of hydrogen-bond acceptors (Lipinski definition) is 4. The molecule has 16 heavy (non-hydrogen) atoms. The van der Waals surface area contributed by atoms with Crippen molar-refractivity contribution in [2.45, 2.75) is 6.92 Å². The lowest BCUT2D eigenvalue weighted by atomic mass is 10.1. The molecule has 1 aromatic rings. The SMILES string of the molecule is CC(=O)c1ccc(N(C)CC(=O)O)cc1N. The molecule has 0 unspecified atom stereocenters. The van der Waals surface area contributed by atoms with Gasteiger partial charge in [0.15, 0.2) is 5.78 Å². The molecule has 0 atom stereocenters. The van der Waals surface area contributed by atoms with Crippen molar-refractivity contribution < 1.29 is 14.7 Å². The molecule has 0 fully saturated rings. The molecule has 1 aromatic carbocycles. The number of nitrogens with zero attached hydrogens (tertiary/aromatic N) is 1. The van der Waals surface area contributed by atoms with Gasteiger partial charge in [-0.15, -0.1) is 0 Å². The van der Waals surface area contributed by atoms with Gasteiger partial charge in [0.2, 0.25) is 0 Å². The fraction of sp³-hybridized carbons (Fsp3) is 0.273. The van der Waals surface area contributed by atoms with Gasteiger partial charge in [0.1, 0.15) is 6.54 Å². The number of carboxylic acids is 1. The highest BCUT2D eigenvalue weighted by Crippen LogP contribution is 2.20. The van der Waals surface area contributed by atoms with Crippen molar-refractivity contribution in [3.63, 3.8) is 0 Å². The number of carboxylic acid groups (broad SMARTS) is 1. The molecular weight excluding hydrogens is 208 g/mol. The maximum absolute atomic E-state index is 11.1. The van der Waals surface area contributed by atoms with E-state index in [0.29, 0.717) is 16.9 Å². The standard InChI is InChI=1S/C11H14N2O3/c1-7(14)9-4-3-8(5-10(9)12)13(2)6-11(15)16/h3-5H,6,12H2,1-2H3,(H,15,16). The van der Waals surface area contributed by atoms with E-state index in [2.05, 4.69) is 0 Å². The van der Waals surface area contributed by atoms with Crippen LogP contribution in [0.15, 0.2) is 18.2 Å². The molecule has 5 heteroatoms. The number of hydrogen-bond donors (Lipinski definition) is 2. The average Bonchev–Trinajstić information content (AvgIpc) is 2.15. The molecule has 0 heterocycles. The second kappa shape index (κ2) is 4.65. The van der Waals surface area contributed by atoms with E-state index in [1.54, 1.807) is 30.1 Å². The molecule has 0 radical (unpaired) electrons. The summed E-state index contributed by atoms with van der Waals surface area (Å²) in [6.07, 6.45) is 0. The van der Waals surface area contributed by atoms with Crippen LogP contribution in [0.4, 0.5) is 11.4 Å². The van der Waals surface area contributed by atoms with E-state index < -0.39 is 5.97 Å². The molecule has 0 aliphatic heterocycles. The van der Waals surface area contributed by atoms with E-state index in [4.69, 9.17) is 10.8 Å². The normalized spacial score (nSPS) is 9.88. The van der Waals surface area contributed by atoms with Crippen LogP contribution in [0.3, 0.4) is 0 Å². The lowest BCUT2D eigenvalue weighted by Crippen LogP contribution is -2.25. The Bertz CT molecular complexity index is 429. The molecule has 0 aliphatic rings. The Hall–Kier alpha value is -2.04. The van der Waals surface area contributed by atoms with Gasteiger partial charge >= 0.3 is 5.97 Å². The van der Waals surface area contributed by atoms with Crippen molar-refractivity contribution in [2.75, 3.05) is 24.2 Å². The van der Waals surface area contributed by atoms with E-state index in [0.717, 1.165) is 0 Å². The van der Waals surface area contributed by atoms with Crippen LogP contribution < -0.4 is 10.6 Å². The van der Waals surface area contributed by atoms with E-state index in [9.17, 15) is 9.59 Å². The molecule has 86 valence electrons. The minimum absolute atomic E-state index is 0.107. The molecule has 0 saturated heterocycles. The summed E-state index contributed by atoms with van der Waals surface area (Å²) >= 11 is 0. The number of carbonyl (C=O) groups excluding carboxylic acids is 1. The van der Waals surface area contributed by atoms with Crippen molar-refractivity contribution in [1.29, 1.82) is 0 Å². The Labute approximate surface area is 93.5 Å². The molecule has 1 rings (SSSR count). The third-order valence-corrected chi connectivity index (χ3v) is 2.23. The number of carbonyl (C=O) groups is 2. The highest BCUT2D eigenvalue weighted by atomic mass is 16.4. The van der Waals surface area contributed by atoms with Gasteiger partial charge in [-0.3, -0.25) is 9.59 Å². The van der Waals surface area contributed by atoms with E-state index in [-0.39, 0.29) is 12.3 Å². The van der Waals surface area contributed by atoms with Crippen molar-refractivity contribution in [3.8, 4) is 0 Å². The highest BCUT2D eigenvalue weighted by Gasteiger charge is 2.09. The Morgan fingerprint density at radius 3 is 2.50 bits per heavy atom. The number of benzene rings is 1. The van der Waals surface area contributed by atoms with Gasteiger partial charge < -0.3 is 15.7 Å². The summed E-state index contributed by atoms with van der Waals surface area (Å²) in [6, 6.07) is 4.88. The van der Waals surface area contributed by atoms with Gasteiger partial charge in [-0.05, 0) is 25.1 Å². The predicted octanol–water partition coefficient (Wildman–Crippen LogP) is 0.992. The summed E-state index contributed by atoms with van der Waals surface area (Å²) in [6.45, 7) is 1.32. The predicted molar refractivity (Wildman–Crippen MR) is 61.8 cm³/mol. The number of aliphatic carboxylic acids is 1. The Kier molecular flexibility index (Phi) is 3.50. The van der Waals surface area contributed by atoms with Crippen LogP contribution in [-0.2, 0) is 4.79 Å². The fourth-order valence-corrected chi connectivity index (χ4v) is 1.40. The largest absolute Gasteiger partial charge is 0.480 e. The monoisotopic (exact) mass is 222 g/mol. The van der Waals surface area contributed by atoms with Crippen molar-refractivity contribution >= 4 is 23.1 Å². The molecule has 0 bridgehead atoms. The van der Waals surface area contributed by atoms with Crippen LogP contribution in [0.1, 0.15) is 17.3 Å². The van der Waals surface area contributed by atoms with Crippen LogP contribution in [0.25, 0.3) is 0 Å². The topological polar surface area (TPSA) is 83.6 Å². The first-order valence-corrected chi connectivity index (χ1v) is 4.75. The zero-order valence-corrected chi connectivity index (χ0v) is 9.23. The van der Waals surface area contributed by atoms with Crippen molar-refractivity contribution in [1.82, 2.24) is 0 Å². The van der Waals surface area contributed by atoms with Crippen molar-refractivity contribution in [2.24, 2.45) is 0 Å². The molecular formula is C11H14N2O3. The number of nitrogens with two attached hydrogens (primary N) is 1. The summed E-state index contributed by atoms with van der Waals surface area (Å²) in [5.74, 6) is -1.03. The zero-order chi connectivity index (χ0) is 12.3. The maximum Gasteiger partial charge on any atom is 0.323 e. The van der Waals surface area contributed by atoms with E-state index >= 15 is 0 Å². The second-order valence-corrected chi connectivity index (χ2v) is 3.58. The van der Waals surface area contributed by atoms with Gasteiger partial charge in [0, 0.05) is 24.0 Å². The number of likely N-dealkylation sites (N-methyl/N-ethyl adjacent to an activating group) is 1. The van der Waals surface area contributed by atoms with Crippen LogP contribution >= 0.6 is 0 Å². The number of ketones is 1. The first-order chi connectivity index (χ1) is 7.41. The minimum Gasteiger partial charge on any atom is -0.480 e. The zero-order valence-electron chi connectivity index (χ0n) is 9.23. The minimum atomic E-state index is -0.920. The first-order valence-electron chi connectivity index (χ1n) is 4.75. The number of nitrogen functional groups attached to an aromatic ring is 1. The van der Waals surface area contributed by atoms with Gasteiger partial charge in [-0.2, -0.15) is 0 Å².